The maximum absolute atomic E-state index is 15.2. The zero-order valence-corrected chi connectivity index (χ0v) is 34.9. The van der Waals surface area contributed by atoms with Crippen LogP contribution in [-0.2, 0) is 34.0 Å². The molecule has 2 heterocycles. The van der Waals surface area contributed by atoms with E-state index < -0.39 is 59.2 Å². The van der Waals surface area contributed by atoms with Gasteiger partial charge in [-0.25, -0.2) is 27.8 Å². The van der Waals surface area contributed by atoms with E-state index >= 15 is 8.78 Å². The lowest BCUT2D eigenvalue weighted by molar-refractivity contribution is -0.129. The summed E-state index contributed by atoms with van der Waals surface area (Å²) in [7, 11) is 0. The van der Waals surface area contributed by atoms with E-state index in [1.54, 1.807) is 49.9 Å². The van der Waals surface area contributed by atoms with Gasteiger partial charge >= 0.3 is 12.0 Å². The van der Waals surface area contributed by atoms with Gasteiger partial charge in [0, 0.05) is 48.2 Å². The highest BCUT2D eigenvalue weighted by Gasteiger charge is 2.27. The van der Waals surface area contributed by atoms with Gasteiger partial charge in [0.25, 0.3) is 5.56 Å². The Balaban J connectivity index is 1.41. The largest absolute Gasteiger partial charge is 0.462 e. The fourth-order valence-corrected chi connectivity index (χ4v) is 6.71. The Morgan fingerprint density at radius 1 is 0.857 bits per heavy atom. The summed E-state index contributed by atoms with van der Waals surface area (Å²) in [5.41, 5.74) is 1.41. The van der Waals surface area contributed by atoms with Crippen molar-refractivity contribution in [2.75, 3.05) is 31.6 Å². The van der Waals surface area contributed by atoms with E-state index in [2.05, 4.69) is 33.1 Å². The average molecular weight is 857 g/mol. The number of halogens is 2. The second kappa shape index (κ2) is 21.2. The summed E-state index contributed by atoms with van der Waals surface area (Å²) in [5, 5.41) is 10.9. The lowest BCUT2D eigenvalue weighted by Gasteiger charge is -2.23. The van der Waals surface area contributed by atoms with Crippen molar-refractivity contribution in [2.24, 2.45) is 0 Å². The number of carbonyl (C=O) groups excluding carboxylic acids is 4. The summed E-state index contributed by atoms with van der Waals surface area (Å²) >= 11 is 0. The summed E-state index contributed by atoms with van der Waals surface area (Å²) in [6.07, 6.45) is 1.16. The van der Waals surface area contributed by atoms with Crippen molar-refractivity contribution in [3.63, 3.8) is 0 Å². The minimum atomic E-state index is -0.965. The first-order valence-electron chi connectivity index (χ1n) is 20.2. The highest BCUT2D eigenvalue weighted by Crippen LogP contribution is 2.28. The van der Waals surface area contributed by atoms with Crippen molar-refractivity contribution < 1.29 is 32.7 Å². The number of benzene rings is 4. The number of nitrogens with one attached hydrogen (secondary N) is 4. The number of amides is 4. The number of imidazole rings is 1. The molecule has 6 aromatic rings. The Bertz CT molecular complexity index is 2690. The molecule has 1 atom stereocenters. The van der Waals surface area contributed by atoms with Gasteiger partial charge in [-0.15, -0.1) is 0 Å². The standard InChI is InChI=1S/C47H46F2N8O6/c1-4-50-46(62)53-35-23-21-34(22-24-35)42-40(57-44(60)37(45(61)63-5-2)28-56(47(57)54-42)27-36-38(48)19-12-20-39(36)49)29-55(26-33-16-10-7-11-17-33)30-41(58)52-31(3)43(59)51-25-13-18-32-14-8-6-9-15-32/h6-12,14-17,19-24,28,31H,4-5,25-27,29-30H2,1-3H3,(H,51,59)(H,52,58)(H2,50,53,62)/t31-/m0/s1. The van der Waals surface area contributed by atoms with Crippen LogP contribution in [0.2, 0.25) is 0 Å². The van der Waals surface area contributed by atoms with Gasteiger partial charge in [-0.2, -0.15) is 0 Å². The molecule has 16 heteroatoms. The number of urea groups is 1. The van der Waals surface area contributed by atoms with E-state index in [-0.39, 0.29) is 55.5 Å². The van der Waals surface area contributed by atoms with Crippen LogP contribution in [0.4, 0.5) is 19.3 Å². The Morgan fingerprint density at radius 2 is 1.54 bits per heavy atom. The van der Waals surface area contributed by atoms with Gasteiger partial charge in [0.15, 0.2) is 0 Å². The normalized spacial score (nSPS) is 11.3. The molecular formula is C47H46F2N8O6. The van der Waals surface area contributed by atoms with E-state index in [4.69, 9.17) is 9.72 Å². The van der Waals surface area contributed by atoms with E-state index in [9.17, 15) is 24.0 Å². The number of nitrogens with zero attached hydrogens (tertiary/aromatic N) is 4. The van der Waals surface area contributed by atoms with Crippen molar-refractivity contribution >= 4 is 35.3 Å². The second-order valence-electron chi connectivity index (χ2n) is 14.3. The third-order valence-corrected chi connectivity index (χ3v) is 9.69. The van der Waals surface area contributed by atoms with E-state index in [0.29, 0.717) is 17.8 Å². The Kier molecular flexibility index (Phi) is 15.1. The summed E-state index contributed by atoms with van der Waals surface area (Å²) in [6, 6.07) is 27.2. The Labute approximate surface area is 362 Å². The number of carbonyl (C=O) groups is 4. The predicted octanol–water partition coefficient (Wildman–Crippen LogP) is 5.48. The molecule has 14 nitrogen and oxygen atoms in total. The van der Waals surface area contributed by atoms with E-state index in [1.807, 2.05) is 60.7 Å². The van der Waals surface area contributed by atoms with Gasteiger partial charge in [0.1, 0.15) is 23.2 Å². The summed E-state index contributed by atoms with van der Waals surface area (Å²) in [6.45, 7) is 4.62. The molecular weight excluding hydrogens is 811 g/mol. The zero-order chi connectivity index (χ0) is 44.9. The number of rotatable bonds is 16. The molecule has 6 rings (SSSR count). The maximum Gasteiger partial charge on any atom is 0.345 e. The number of esters is 1. The number of aromatic nitrogens is 3. The van der Waals surface area contributed by atoms with Gasteiger partial charge < -0.3 is 30.6 Å². The molecule has 0 saturated carbocycles. The van der Waals surface area contributed by atoms with Gasteiger partial charge in [-0.05, 0) is 62.7 Å². The van der Waals surface area contributed by atoms with Crippen molar-refractivity contribution in [3.8, 4) is 23.1 Å². The minimum Gasteiger partial charge on any atom is -0.462 e. The fraction of sp³-hybridized carbons (Fsp3) is 0.234. The van der Waals surface area contributed by atoms with Gasteiger partial charge in [-0.1, -0.05) is 78.6 Å². The van der Waals surface area contributed by atoms with Crippen molar-refractivity contribution in [1.82, 2.24) is 34.8 Å². The van der Waals surface area contributed by atoms with Crippen molar-refractivity contribution in [3.05, 3.63) is 159 Å². The van der Waals surface area contributed by atoms with Gasteiger partial charge in [-0.3, -0.25) is 19.3 Å². The Morgan fingerprint density at radius 3 is 2.21 bits per heavy atom. The van der Waals surface area contributed by atoms with Crippen molar-refractivity contribution in [1.29, 1.82) is 0 Å². The van der Waals surface area contributed by atoms with Crippen LogP contribution < -0.4 is 26.8 Å². The van der Waals surface area contributed by atoms with Crippen LogP contribution in [0.25, 0.3) is 17.0 Å². The molecule has 2 aromatic heterocycles. The monoisotopic (exact) mass is 856 g/mol. The summed E-state index contributed by atoms with van der Waals surface area (Å²) < 4.78 is 38.0. The lowest BCUT2D eigenvalue weighted by atomic mass is 10.1. The van der Waals surface area contributed by atoms with Crippen molar-refractivity contribution in [2.45, 2.75) is 46.4 Å². The summed E-state index contributed by atoms with van der Waals surface area (Å²) in [4.78, 5) is 73.5. The SMILES string of the molecule is CCNC(=O)Nc1ccc(-c2nc3n(Cc4c(F)cccc4F)cc(C(=O)OCC)c(=O)n3c2CN(CC(=O)N[C@@H](C)C(=O)NCC#Cc2ccccc2)Cc2ccccc2)cc1. The first kappa shape index (κ1) is 44.9. The molecule has 0 saturated heterocycles. The van der Waals surface area contributed by atoms with Crippen LogP contribution in [0.5, 0.6) is 0 Å². The second-order valence-corrected chi connectivity index (χ2v) is 14.3. The fourth-order valence-electron chi connectivity index (χ4n) is 6.71. The van der Waals surface area contributed by atoms with Crippen LogP contribution >= 0.6 is 0 Å². The third kappa shape index (κ3) is 11.6. The van der Waals surface area contributed by atoms with E-state index in [0.717, 1.165) is 29.5 Å². The van der Waals surface area contributed by atoms with Gasteiger partial charge in [0.2, 0.25) is 17.6 Å². The molecule has 4 amide bonds. The molecule has 0 aliphatic heterocycles. The molecule has 0 aliphatic rings. The molecule has 0 fully saturated rings. The molecule has 0 unspecified atom stereocenters. The van der Waals surface area contributed by atoms with Crippen LogP contribution in [0, 0.1) is 23.5 Å². The summed E-state index contributed by atoms with van der Waals surface area (Å²) in [5.74, 6) is 2.17. The topological polar surface area (TPSA) is 168 Å². The van der Waals surface area contributed by atoms with E-state index in [1.165, 1.54) is 15.0 Å². The lowest BCUT2D eigenvalue weighted by Crippen LogP contribution is -2.48. The number of fused-ring (bicyclic) bond motifs is 1. The highest BCUT2D eigenvalue weighted by atomic mass is 19.1. The molecule has 0 bridgehead atoms. The maximum atomic E-state index is 15.2. The molecule has 0 aliphatic carbocycles. The van der Waals surface area contributed by atoms with Crippen LogP contribution in [-0.4, -0.2) is 74.9 Å². The number of anilines is 1. The smallest absolute Gasteiger partial charge is 0.345 e. The third-order valence-electron chi connectivity index (χ3n) is 9.69. The first-order chi connectivity index (χ1) is 30.4. The first-order valence-corrected chi connectivity index (χ1v) is 20.2. The molecule has 4 N–H and O–H groups in total. The van der Waals surface area contributed by atoms with Crippen LogP contribution in [0.1, 0.15) is 53.5 Å². The number of ether oxygens (including phenoxy) is 1. The molecule has 4 aromatic carbocycles. The van der Waals surface area contributed by atoms with Crippen LogP contribution in [0.15, 0.2) is 114 Å². The molecule has 0 radical (unpaired) electrons. The zero-order valence-electron chi connectivity index (χ0n) is 34.9. The average Bonchev–Trinajstić information content (AvgIpc) is 3.65. The Hall–Kier alpha value is -7.64. The number of hydrogen-bond acceptors (Lipinski definition) is 8. The van der Waals surface area contributed by atoms with Gasteiger partial charge in [0.05, 0.1) is 37.6 Å². The minimum absolute atomic E-state index is 0.0585. The van der Waals surface area contributed by atoms with Crippen LogP contribution in [0.3, 0.4) is 0 Å². The number of hydrogen-bond donors (Lipinski definition) is 4. The predicted molar refractivity (Wildman–Crippen MR) is 233 cm³/mol. The highest BCUT2D eigenvalue weighted by molar-refractivity contribution is 5.90. The quantitative estimate of drug-likeness (QED) is 0.0734. The molecule has 324 valence electrons. The molecule has 0 spiro atoms. The molecule has 63 heavy (non-hydrogen) atoms.